The Morgan fingerprint density at radius 2 is 1.77 bits per heavy atom. The first-order chi connectivity index (χ1) is 11.9. The maximum atomic E-state index is 11.5. The van der Waals surface area contributed by atoms with Crippen LogP contribution in [0.15, 0.2) is 24.3 Å². The number of carbonyl (C=O) groups is 3. The number of alkyl carbamates (subject to hydrolysis) is 1. The van der Waals surface area contributed by atoms with Gasteiger partial charge in [-0.15, -0.1) is 0 Å². The van der Waals surface area contributed by atoms with Crippen LogP contribution in [0.5, 0.6) is 0 Å². The van der Waals surface area contributed by atoms with Gasteiger partial charge in [-0.25, -0.2) is 4.79 Å². The van der Waals surface area contributed by atoms with E-state index in [1.807, 2.05) is 6.92 Å². The van der Waals surface area contributed by atoms with E-state index in [1.165, 1.54) is 0 Å². The van der Waals surface area contributed by atoms with Crippen LogP contribution in [-0.4, -0.2) is 37.8 Å². The molecule has 1 atom stereocenters. The minimum atomic E-state index is -1.24. The predicted molar refractivity (Wildman–Crippen MR) is 89.0 cm³/mol. The topological polar surface area (TPSA) is 105 Å². The number of halogens is 1. The monoisotopic (exact) mass is 393 g/mol. The van der Waals surface area contributed by atoms with Crippen molar-refractivity contribution in [1.82, 2.24) is 5.32 Å². The fourth-order valence-electron chi connectivity index (χ4n) is 2.05. The third-order valence-corrected chi connectivity index (χ3v) is 3.54. The average molecular weight is 394 g/mol. The summed E-state index contributed by atoms with van der Waals surface area (Å²) in [5.74, 6) is -2.45. The molecule has 1 amide bonds. The molecule has 0 bridgehead atoms. The van der Waals surface area contributed by atoms with Crippen LogP contribution < -0.4 is 40.0 Å². The third kappa shape index (κ3) is 10.0. The molecule has 9 heteroatoms. The van der Waals surface area contributed by atoms with Crippen LogP contribution in [0.1, 0.15) is 37.7 Å². The second-order valence-corrected chi connectivity index (χ2v) is 5.68. The molecule has 0 aliphatic carbocycles. The number of esters is 1. The van der Waals surface area contributed by atoms with Crippen molar-refractivity contribution in [3.63, 3.8) is 0 Å². The molecule has 1 aromatic carbocycles. The van der Waals surface area contributed by atoms with E-state index in [2.05, 4.69) is 5.32 Å². The summed E-state index contributed by atoms with van der Waals surface area (Å²) in [6.07, 6.45) is 0.444. The maximum Gasteiger partial charge on any atom is 1.00 e. The van der Waals surface area contributed by atoms with E-state index in [0.29, 0.717) is 23.4 Å². The zero-order valence-electron chi connectivity index (χ0n) is 15.0. The molecule has 0 spiro atoms. The molecule has 0 aliphatic rings. The molecule has 0 radical (unpaired) electrons. The summed E-state index contributed by atoms with van der Waals surface area (Å²) in [6, 6.07) is 6.39. The number of carbonyl (C=O) groups excluding carboxylic acids is 3. The Morgan fingerprint density at radius 3 is 2.35 bits per heavy atom. The van der Waals surface area contributed by atoms with Crippen molar-refractivity contribution in [3.05, 3.63) is 34.9 Å². The van der Waals surface area contributed by atoms with E-state index in [9.17, 15) is 19.5 Å². The molecule has 0 heterocycles. The van der Waals surface area contributed by atoms with Crippen LogP contribution in [0.4, 0.5) is 4.79 Å². The summed E-state index contributed by atoms with van der Waals surface area (Å²) in [6.45, 7) is 1.87. The van der Waals surface area contributed by atoms with Crippen LogP contribution in [0, 0.1) is 0 Å². The number of benzene rings is 1. The Balaban J connectivity index is 0.00000625. The van der Waals surface area contributed by atoms with E-state index < -0.39 is 18.0 Å². The number of carboxylic acid groups (broad SMARTS) is 1. The molecule has 138 valence electrons. The molecule has 26 heavy (non-hydrogen) atoms. The largest absolute Gasteiger partial charge is 1.00 e. The second kappa shape index (κ2) is 13.9. The van der Waals surface area contributed by atoms with Crippen molar-refractivity contribution in [2.24, 2.45) is 0 Å². The molecule has 1 unspecified atom stereocenters. The average Bonchev–Trinajstić information content (AvgIpc) is 2.57. The van der Waals surface area contributed by atoms with E-state index in [-0.39, 0.29) is 61.7 Å². The van der Waals surface area contributed by atoms with E-state index in [0.717, 1.165) is 0 Å². The van der Waals surface area contributed by atoms with Crippen molar-refractivity contribution in [3.8, 4) is 0 Å². The second-order valence-electron chi connectivity index (χ2n) is 5.25. The van der Waals surface area contributed by atoms with E-state index >= 15 is 0 Å². The van der Waals surface area contributed by atoms with Gasteiger partial charge in [0.2, 0.25) is 0 Å². The van der Waals surface area contributed by atoms with Crippen molar-refractivity contribution < 1.29 is 58.5 Å². The van der Waals surface area contributed by atoms with Gasteiger partial charge in [-0.3, -0.25) is 4.79 Å². The normalized spacial score (nSPS) is 11.0. The van der Waals surface area contributed by atoms with Crippen molar-refractivity contribution in [2.45, 2.75) is 32.1 Å². The molecular weight excluding hydrogens is 373 g/mol. The summed E-state index contributed by atoms with van der Waals surface area (Å²) in [7, 11) is 0. The number of ether oxygens (including phenoxy) is 2. The molecule has 1 N–H and O–H groups in total. The van der Waals surface area contributed by atoms with Crippen LogP contribution in [0.2, 0.25) is 5.02 Å². The molecule has 1 rings (SSSR count). The van der Waals surface area contributed by atoms with Crippen molar-refractivity contribution >= 4 is 29.6 Å². The number of hydrogen-bond acceptors (Lipinski definition) is 6. The number of amides is 1. The molecule has 0 saturated carbocycles. The predicted octanol–water partition coefficient (Wildman–Crippen LogP) is -1.36. The Hall–Kier alpha value is -1.28. The van der Waals surface area contributed by atoms with Crippen molar-refractivity contribution in [2.75, 3.05) is 19.8 Å². The number of aliphatic carboxylic acids is 1. The summed E-state index contributed by atoms with van der Waals surface area (Å²) in [5.41, 5.74) is 0.544. The van der Waals surface area contributed by atoms with Gasteiger partial charge in [-0.2, -0.15) is 0 Å². The molecule has 0 aliphatic heterocycles. The molecule has 0 fully saturated rings. The first kappa shape index (κ1) is 24.7. The molecule has 1 aromatic rings. The Labute approximate surface area is 179 Å². The van der Waals surface area contributed by atoms with Gasteiger partial charge in [0, 0.05) is 29.9 Å². The summed E-state index contributed by atoms with van der Waals surface area (Å²) < 4.78 is 9.66. The van der Waals surface area contributed by atoms with Gasteiger partial charge in [-0.05, 0) is 30.5 Å². The summed E-state index contributed by atoms with van der Waals surface area (Å²) in [4.78, 5) is 33.8. The third-order valence-electron chi connectivity index (χ3n) is 3.29. The SMILES string of the molecule is CCCC(=O)OCCOC(=O)NCCC(C(=O)[O-])c1ccc(Cl)cc1.[Na+]. The van der Waals surface area contributed by atoms with Gasteiger partial charge in [0.1, 0.15) is 13.2 Å². The van der Waals surface area contributed by atoms with Crippen molar-refractivity contribution in [1.29, 1.82) is 0 Å². The molecular formula is C17H21ClNNaO6. The smallest absolute Gasteiger partial charge is 0.549 e. The van der Waals surface area contributed by atoms with Gasteiger partial charge in [-0.1, -0.05) is 30.7 Å². The minimum absolute atomic E-state index is 0. The maximum absolute atomic E-state index is 11.5. The standard InChI is InChI=1S/C17H22ClNO6.Na/c1-2-3-15(20)24-10-11-25-17(23)19-9-8-14(16(21)22)12-4-6-13(18)7-5-12;/h4-7,14H,2-3,8-11H2,1H3,(H,19,23)(H,21,22);/q;+1/p-1. The molecule has 7 nitrogen and oxygen atoms in total. The zero-order valence-corrected chi connectivity index (χ0v) is 17.7. The van der Waals surface area contributed by atoms with Gasteiger partial charge in [0.25, 0.3) is 0 Å². The van der Waals surface area contributed by atoms with Gasteiger partial charge >= 0.3 is 41.6 Å². The fraction of sp³-hybridized carbons (Fsp3) is 0.471. The number of carboxylic acids is 1. The number of nitrogens with one attached hydrogen (secondary N) is 1. The Kier molecular flexibility index (Phi) is 13.2. The van der Waals surface area contributed by atoms with Gasteiger partial charge in [0.05, 0.1) is 0 Å². The number of rotatable bonds is 10. The zero-order chi connectivity index (χ0) is 18.7. The van der Waals surface area contributed by atoms with Crippen LogP contribution in [0.3, 0.4) is 0 Å². The summed E-state index contributed by atoms with van der Waals surface area (Å²) >= 11 is 5.77. The first-order valence-corrected chi connectivity index (χ1v) is 8.34. The number of hydrogen-bond donors (Lipinski definition) is 1. The van der Waals surface area contributed by atoms with Crippen LogP contribution in [0.25, 0.3) is 0 Å². The van der Waals surface area contributed by atoms with Gasteiger partial charge < -0.3 is 24.7 Å². The van der Waals surface area contributed by atoms with Crippen LogP contribution >= 0.6 is 11.6 Å². The van der Waals surface area contributed by atoms with Crippen LogP contribution in [-0.2, 0) is 19.1 Å². The Bertz CT molecular complexity index is 581. The van der Waals surface area contributed by atoms with Gasteiger partial charge in [0.15, 0.2) is 0 Å². The molecule has 0 aromatic heterocycles. The first-order valence-electron chi connectivity index (χ1n) is 7.96. The van der Waals surface area contributed by atoms with E-state index in [4.69, 9.17) is 21.1 Å². The minimum Gasteiger partial charge on any atom is -0.549 e. The van der Waals surface area contributed by atoms with E-state index in [1.54, 1.807) is 24.3 Å². The summed E-state index contributed by atoms with van der Waals surface area (Å²) in [5, 5.41) is 14.2. The Morgan fingerprint density at radius 1 is 1.15 bits per heavy atom. The molecule has 0 saturated heterocycles. The fourth-order valence-corrected chi connectivity index (χ4v) is 2.18. The quantitative estimate of drug-likeness (QED) is 0.299.